The molecule has 0 aromatic carbocycles. The SMILES string of the molecule is CC1CCC(C(=O)NCC2(N(C)C)CCC2)CC1N. The molecule has 19 heavy (non-hydrogen) atoms. The molecular weight excluding hydrogens is 238 g/mol. The Hall–Kier alpha value is -0.610. The van der Waals surface area contributed by atoms with Gasteiger partial charge in [-0.1, -0.05) is 6.92 Å². The fourth-order valence-corrected chi connectivity index (χ4v) is 3.36. The first kappa shape index (κ1) is 14.8. The van der Waals surface area contributed by atoms with Crippen LogP contribution in [-0.4, -0.2) is 43.0 Å². The number of amides is 1. The molecule has 2 aliphatic carbocycles. The Labute approximate surface area is 117 Å². The molecule has 0 heterocycles. The molecule has 0 bridgehead atoms. The number of hydrogen-bond acceptors (Lipinski definition) is 3. The fourth-order valence-electron chi connectivity index (χ4n) is 3.36. The van der Waals surface area contributed by atoms with Crippen molar-refractivity contribution in [2.24, 2.45) is 17.6 Å². The quantitative estimate of drug-likeness (QED) is 0.808. The summed E-state index contributed by atoms with van der Waals surface area (Å²) in [7, 11) is 4.23. The number of carbonyl (C=O) groups excluding carboxylic acids is 1. The normalized spacial score (nSPS) is 33.8. The molecule has 0 aromatic rings. The Kier molecular flexibility index (Phi) is 4.51. The van der Waals surface area contributed by atoms with Gasteiger partial charge in [0, 0.05) is 24.0 Å². The second kappa shape index (κ2) is 5.80. The number of nitrogens with one attached hydrogen (secondary N) is 1. The number of carbonyl (C=O) groups is 1. The lowest BCUT2D eigenvalue weighted by atomic mass is 9.75. The molecule has 3 N–H and O–H groups in total. The Morgan fingerprint density at radius 2 is 2.05 bits per heavy atom. The van der Waals surface area contributed by atoms with Crippen LogP contribution in [0, 0.1) is 11.8 Å². The summed E-state index contributed by atoms with van der Waals surface area (Å²) in [5.74, 6) is 0.907. The van der Waals surface area contributed by atoms with Crippen molar-refractivity contribution < 1.29 is 4.79 Å². The van der Waals surface area contributed by atoms with E-state index < -0.39 is 0 Å². The molecule has 2 aliphatic rings. The van der Waals surface area contributed by atoms with E-state index in [1.165, 1.54) is 19.3 Å². The maximum Gasteiger partial charge on any atom is 0.223 e. The van der Waals surface area contributed by atoms with E-state index in [0.29, 0.717) is 5.92 Å². The maximum absolute atomic E-state index is 12.3. The van der Waals surface area contributed by atoms with E-state index in [1.807, 2.05) is 0 Å². The van der Waals surface area contributed by atoms with Gasteiger partial charge in [-0.2, -0.15) is 0 Å². The van der Waals surface area contributed by atoms with E-state index in [2.05, 4.69) is 31.2 Å². The molecule has 3 unspecified atom stereocenters. The molecule has 0 radical (unpaired) electrons. The number of hydrogen-bond donors (Lipinski definition) is 2. The molecule has 2 fully saturated rings. The van der Waals surface area contributed by atoms with Gasteiger partial charge in [0.25, 0.3) is 0 Å². The zero-order valence-electron chi connectivity index (χ0n) is 12.6. The summed E-state index contributed by atoms with van der Waals surface area (Å²) in [6, 6.07) is 0.191. The van der Waals surface area contributed by atoms with Crippen LogP contribution in [0.1, 0.15) is 45.4 Å². The first-order chi connectivity index (χ1) is 8.94. The molecule has 0 aromatic heterocycles. The maximum atomic E-state index is 12.3. The predicted molar refractivity (Wildman–Crippen MR) is 77.8 cm³/mol. The summed E-state index contributed by atoms with van der Waals surface area (Å²) in [5.41, 5.74) is 6.29. The zero-order valence-corrected chi connectivity index (χ0v) is 12.6. The lowest BCUT2D eigenvalue weighted by Gasteiger charge is -2.47. The third-order valence-electron chi connectivity index (χ3n) is 5.45. The summed E-state index contributed by atoms with van der Waals surface area (Å²) in [5, 5.41) is 3.18. The summed E-state index contributed by atoms with van der Waals surface area (Å²) < 4.78 is 0. The standard InChI is InChI=1S/C15H29N3O/c1-11-5-6-12(9-13(11)16)14(19)17-10-15(18(2)3)7-4-8-15/h11-13H,4-10,16H2,1-3H3,(H,17,19). The van der Waals surface area contributed by atoms with Gasteiger partial charge >= 0.3 is 0 Å². The molecular formula is C15H29N3O. The van der Waals surface area contributed by atoms with Crippen molar-refractivity contribution in [3.05, 3.63) is 0 Å². The van der Waals surface area contributed by atoms with Crippen molar-refractivity contribution in [1.29, 1.82) is 0 Å². The van der Waals surface area contributed by atoms with Gasteiger partial charge in [0.05, 0.1) is 0 Å². The summed E-state index contributed by atoms with van der Waals surface area (Å²) >= 11 is 0. The summed E-state index contributed by atoms with van der Waals surface area (Å²) in [4.78, 5) is 14.5. The van der Waals surface area contributed by atoms with Crippen LogP contribution in [0.3, 0.4) is 0 Å². The average molecular weight is 267 g/mol. The van der Waals surface area contributed by atoms with Crippen LogP contribution < -0.4 is 11.1 Å². The van der Waals surface area contributed by atoms with Crippen molar-refractivity contribution in [3.8, 4) is 0 Å². The van der Waals surface area contributed by atoms with Crippen LogP contribution in [0.5, 0.6) is 0 Å². The Bertz CT molecular complexity index is 325. The van der Waals surface area contributed by atoms with E-state index in [1.54, 1.807) is 0 Å². The van der Waals surface area contributed by atoms with Gasteiger partial charge in [-0.05, 0) is 58.5 Å². The highest BCUT2D eigenvalue weighted by atomic mass is 16.1. The van der Waals surface area contributed by atoms with Crippen molar-refractivity contribution in [3.63, 3.8) is 0 Å². The molecule has 2 rings (SSSR count). The monoisotopic (exact) mass is 267 g/mol. The third kappa shape index (κ3) is 3.11. The molecule has 2 saturated carbocycles. The predicted octanol–water partition coefficient (Wildman–Crippen LogP) is 1.35. The molecule has 0 spiro atoms. The Morgan fingerprint density at radius 1 is 1.37 bits per heavy atom. The van der Waals surface area contributed by atoms with E-state index in [9.17, 15) is 4.79 Å². The van der Waals surface area contributed by atoms with Crippen LogP contribution in [-0.2, 0) is 4.79 Å². The second-order valence-electron chi connectivity index (χ2n) is 6.84. The summed E-state index contributed by atoms with van der Waals surface area (Å²) in [6.07, 6.45) is 6.60. The van der Waals surface area contributed by atoms with E-state index in [4.69, 9.17) is 5.73 Å². The van der Waals surface area contributed by atoms with E-state index in [0.717, 1.165) is 25.8 Å². The number of nitrogens with zero attached hydrogens (tertiary/aromatic N) is 1. The number of rotatable bonds is 4. The topological polar surface area (TPSA) is 58.4 Å². The summed E-state index contributed by atoms with van der Waals surface area (Å²) in [6.45, 7) is 2.98. The minimum absolute atomic E-state index is 0.130. The highest BCUT2D eigenvalue weighted by Crippen LogP contribution is 2.35. The van der Waals surface area contributed by atoms with Crippen molar-refractivity contribution >= 4 is 5.91 Å². The molecule has 110 valence electrons. The number of nitrogens with two attached hydrogens (primary N) is 1. The van der Waals surface area contributed by atoms with Crippen molar-refractivity contribution in [2.45, 2.75) is 57.0 Å². The number of likely N-dealkylation sites (N-methyl/N-ethyl adjacent to an activating group) is 1. The first-order valence-electron chi connectivity index (χ1n) is 7.65. The highest BCUT2D eigenvalue weighted by Gasteiger charge is 2.40. The molecule has 0 aliphatic heterocycles. The lowest BCUT2D eigenvalue weighted by molar-refractivity contribution is -0.127. The van der Waals surface area contributed by atoms with Crippen LogP contribution in [0.4, 0.5) is 0 Å². The van der Waals surface area contributed by atoms with Gasteiger partial charge in [-0.3, -0.25) is 4.79 Å². The Balaban J connectivity index is 1.81. The van der Waals surface area contributed by atoms with Gasteiger partial charge in [-0.15, -0.1) is 0 Å². The minimum atomic E-state index is 0.130. The average Bonchev–Trinajstić information content (AvgIpc) is 2.30. The fraction of sp³-hybridized carbons (Fsp3) is 0.933. The van der Waals surface area contributed by atoms with Gasteiger partial charge in [0.1, 0.15) is 0 Å². The zero-order chi connectivity index (χ0) is 14.0. The van der Waals surface area contributed by atoms with Crippen LogP contribution >= 0.6 is 0 Å². The molecule has 1 amide bonds. The van der Waals surface area contributed by atoms with E-state index in [-0.39, 0.29) is 23.4 Å². The van der Waals surface area contributed by atoms with Gasteiger partial charge in [0.2, 0.25) is 5.91 Å². The second-order valence-corrected chi connectivity index (χ2v) is 6.84. The van der Waals surface area contributed by atoms with Gasteiger partial charge < -0.3 is 16.0 Å². The van der Waals surface area contributed by atoms with Crippen LogP contribution in [0.15, 0.2) is 0 Å². The smallest absolute Gasteiger partial charge is 0.223 e. The van der Waals surface area contributed by atoms with Gasteiger partial charge in [0.15, 0.2) is 0 Å². The van der Waals surface area contributed by atoms with Crippen molar-refractivity contribution in [2.75, 3.05) is 20.6 Å². The molecule has 3 atom stereocenters. The third-order valence-corrected chi connectivity index (χ3v) is 5.45. The lowest BCUT2D eigenvalue weighted by Crippen LogP contribution is -2.58. The van der Waals surface area contributed by atoms with E-state index >= 15 is 0 Å². The molecule has 4 nitrogen and oxygen atoms in total. The largest absolute Gasteiger partial charge is 0.354 e. The Morgan fingerprint density at radius 3 is 2.53 bits per heavy atom. The highest BCUT2D eigenvalue weighted by molar-refractivity contribution is 5.78. The molecule has 0 saturated heterocycles. The minimum Gasteiger partial charge on any atom is -0.354 e. The van der Waals surface area contributed by atoms with Crippen molar-refractivity contribution in [1.82, 2.24) is 10.2 Å². The first-order valence-corrected chi connectivity index (χ1v) is 7.65. The van der Waals surface area contributed by atoms with Crippen LogP contribution in [0.25, 0.3) is 0 Å². The molecule has 4 heteroatoms. The van der Waals surface area contributed by atoms with Gasteiger partial charge in [-0.25, -0.2) is 0 Å². The van der Waals surface area contributed by atoms with Crippen LogP contribution in [0.2, 0.25) is 0 Å².